The van der Waals surface area contributed by atoms with Gasteiger partial charge in [0.15, 0.2) is 5.76 Å². The zero-order chi connectivity index (χ0) is 21.3. The summed E-state index contributed by atoms with van der Waals surface area (Å²) in [6, 6.07) is 8.98. The summed E-state index contributed by atoms with van der Waals surface area (Å²) in [6.45, 7) is 1.51. The molecule has 2 heterocycles. The van der Waals surface area contributed by atoms with E-state index in [4.69, 9.17) is 25.8 Å². The van der Waals surface area contributed by atoms with E-state index in [1.54, 1.807) is 25.3 Å². The molecule has 2 N–H and O–H groups in total. The third kappa shape index (κ3) is 3.55. The number of ether oxygens (including phenoxy) is 3. The molecule has 2 aliphatic heterocycles. The molecule has 30 heavy (non-hydrogen) atoms. The van der Waals surface area contributed by atoms with Crippen molar-refractivity contribution < 1.29 is 24.1 Å². The van der Waals surface area contributed by atoms with Crippen LogP contribution >= 0.6 is 11.6 Å². The van der Waals surface area contributed by atoms with Gasteiger partial charge in [0.2, 0.25) is 5.78 Å². The highest BCUT2D eigenvalue weighted by Gasteiger charge is 2.40. The van der Waals surface area contributed by atoms with E-state index in [-0.39, 0.29) is 30.0 Å². The summed E-state index contributed by atoms with van der Waals surface area (Å²) in [7, 11) is 3.09. The number of ketones is 1. The lowest BCUT2D eigenvalue weighted by atomic mass is 9.80. The zero-order valence-electron chi connectivity index (χ0n) is 16.9. The van der Waals surface area contributed by atoms with Crippen molar-refractivity contribution in [1.29, 1.82) is 0 Å². The Balaban J connectivity index is 1.86. The topological polar surface area (TPSA) is 77.0 Å². The highest BCUT2D eigenvalue weighted by molar-refractivity contribution is 6.32. The maximum absolute atomic E-state index is 13.3. The zero-order valence-corrected chi connectivity index (χ0v) is 17.7. The SMILES string of the molecule is COc1cc(OC)c(C2CCNCC2CO)c2c1C(=O)/C(=C\c1ccccc1Cl)O2. The second-order valence-electron chi connectivity index (χ2n) is 7.40. The van der Waals surface area contributed by atoms with E-state index < -0.39 is 0 Å². The van der Waals surface area contributed by atoms with Crippen LogP contribution in [0.15, 0.2) is 36.1 Å². The first-order valence-corrected chi connectivity index (χ1v) is 10.3. The van der Waals surface area contributed by atoms with Crippen LogP contribution in [-0.4, -0.2) is 44.8 Å². The Morgan fingerprint density at radius 2 is 2.03 bits per heavy atom. The number of methoxy groups -OCH3 is 2. The van der Waals surface area contributed by atoms with Crippen molar-refractivity contribution in [3.8, 4) is 17.2 Å². The standard InChI is InChI=1S/C23H24ClNO5/c1-28-17-10-18(29-2)21-22(27)19(9-13-5-3-4-6-16(13)24)30-23(21)20(17)15-7-8-25-11-14(15)12-26/h3-6,9-10,14-15,25-26H,7-8,11-12H2,1-2H3/b19-9+. The van der Waals surface area contributed by atoms with Gasteiger partial charge in [-0.15, -0.1) is 0 Å². The summed E-state index contributed by atoms with van der Waals surface area (Å²) in [5.74, 6) is 1.31. The number of nitrogens with one attached hydrogen (secondary N) is 1. The van der Waals surface area contributed by atoms with E-state index in [2.05, 4.69) is 5.32 Å². The Kier molecular flexibility index (Phi) is 5.99. The van der Waals surface area contributed by atoms with Gasteiger partial charge < -0.3 is 24.6 Å². The molecule has 0 spiro atoms. The smallest absolute Gasteiger partial charge is 0.235 e. The average Bonchev–Trinajstić information content (AvgIpc) is 3.10. The van der Waals surface area contributed by atoms with Crippen molar-refractivity contribution >= 4 is 23.5 Å². The fraction of sp³-hybridized carbons (Fsp3) is 0.348. The molecule has 2 aromatic rings. The number of piperidine rings is 1. The molecular weight excluding hydrogens is 406 g/mol. The van der Waals surface area contributed by atoms with Crippen LogP contribution < -0.4 is 19.5 Å². The van der Waals surface area contributed by atoms with E-state index in [0.717, 1.165) is 18.5 Å². The van der Waals surface area contributed by atoms with E-state index in [1.165, 1.54) is 7.11 Å². The maximum Gasteiger partial charge on any atom is 0.235 e. The average molecular weight is 430 g/mol. The third-order valence-corrected chi connectivity index (χ3v) is 6.10. The van der Waals surface area contributed by atoms with Crippen LogP contribution in [0, 0.1) is 5.92 Å². The first-order chi connectivity index (χ1) is 14.6. The number of hydrogen-bond acceptors (Lipinski definition) is 6. The summed E-state index contributed by atoms with van der Waals surface area (Å²) in [4.78, 5) is 13.3. The van der Waals surface area contributed by atoms with Crippen LogP contribution in [0.3, 0.4) is 0 Å². The monoisotopic (exact) mass is 429 g/mol. The molecule has 4 rings (SSSR count). The lowest BCUT2D eigenvalue weighted by Gasteiger charge is -2.33. The van der Waals surface area contributed by atoms with Crippen molar-refractivity contribution in [2.24, 2.45) is 5.92 Å². The molecule has 2 unspecified atom stereocenters. The summed E-state index contributed by atoms with van der Waals surface area (Å²) >= 11 is 6.27. The van der Waals surface area contributed by atoms with Crippen molar-refractivity contribution in [3.63, 3.8) is 0 Å². The molecule has 0 bridgehead atoms. The van der Waals surface area contributed by atoms with Crippen molar-refractivity contribution in [2.45, 2.75) is 12.3 Å². The minimum absolute atomic E-state index is 0.0135. The number of carbonyl (C=O) groups is 1. The number of rotatable bonds is 5. The Morgan fingerprint density at radius 1 is 1.27 bits per heavy atom. The van der Waals surface area contributed by atoms with E-state index in [1.807, 2.05) is 18.2 Å². The Bertz CT molecular complexity index is 1000. The van der Waals surface area contributed by atoms with Crippen LogP contribution in [0.1, 0.15) is 33.8 Å². The largest absolute Gasteiger partial charge is 0.496 e. The fourth-order valence-corrected chi connectivity index (χ4v) is 4.42. The first kappa shape index (κ1) is 20.7. The van der Waals surface area contributed by atoms with Crippen LogP contribution in [0.4, 0.5) is 0 Å². The van der Waals surface area contributed by atoms with Crippen molar-refractivity contribution in [3.05, 3.63) is 57.8 Å². The number of carbonyl (C=O) groups excluding carboxylic acids is 1. The van der Waals surface area contributed by atoms with Gasteiger partial charge in [-0.2, -0.15) is 0 Å². The molecular formula is C23H24ClNO5. The van der Waals surface area contributed by atoms with Gasteiger partial charge >= 0.3 is 0 Å². The highest BCUT2D eigenvalue weighted by atomic mass is 35.5. The van der Waals surface area contributed by atoms with E-state index in [0.29, 0.717) is 39.9 Å². The first-order valence-electron chi connectivity index (χ1n) is 9.88. The molecule has 1 fully saturated rings. The molecule has 7 heteroatoms. The second-order valence-corrected chi connectivity index (χ2v) is 7.81. The molecule has 0 aliphatic carbocycles. The minimum Gasteiger partial charge on any atom is -0.496 e. The van der Waals surface area contributed by atoms with Crippen LogP contribution in [0.2, 0.25) is 5.02 Å². The molecule has 0 aromatic heterocycles. The maximum atomic E-state index is 13.3. The Labute approximate surface area is 180 Å². The van der Waals surface area contributed by atoms with Crippen LogP contribution in [0.5, 0.6) is 17.2 Å². The summed E-state index contributed by atoms with van der Waals surface area (Å²) in [6.07, 6.45) is 2.44. The number of benzene rings is 2. The molecule has 0 amide bonds. The van der Waals surface area contributed by atoms with E-state index >= 15 is 0 Å². The van der Waals surface area contributed by atoms with Gasteiger partial charge in [0.25, 0.3) is 0 Å². The van der Waals surface area contributed by atoms with Crippen molar-refractivity contribution in [1.82, 2.24) is 5.32 Å². The van der Waals surface area contributed by atoms with Gasteiger partial charge in [0, 0.05) is 35.7 Å². The molecule has 1 saturated heterocycles. The molecule has 2 aliphatic rings. The number of aliphatic hydroxyl groups excluding tert-OH is 1. The van der Waals surface area contributed by atoms with Gasteiger partial charge in [-0.05, 0) is 36.6 Å². The molecule has 0 saturated carbocycles. The lowest BCUT2D eigenvalue weighted by molar-refractivity contribution is 0.101. The predicted octanol–water partition coefficient (Wildman–Crippen LogP) is 3.66. The van der Waals surface area contributed by atoms with Gasteiger partial charge in [-0.25, -0.2) is 0 Å². The van der Waals surface area contributed by atoms with Crippen LogP contribution in [-0.2, 0) is 0 Å². The Morgan fingerprint density at radius 3 is 2.73 bits per heavy atom. The van der Waals surface area contributed by atoms with E-state index in [9.17, 15) is 9.90 Å². The number of hydrogen-bond donors (Lipinski definition) is 2. The van der Waals surface area contributed by atoms with Crippen LogP contribution in [0.25, 0.3) is 6.08 Å². The minimum atomic E-state index is -0.264. The van der Waals surface area contributed by atoms with Gasteiger partial charge in [-0.1, -0.05) is 29.8 Å². The molecule has 6 nitrogen and oxygen atoms in total. The van der Waals surface area contributed by atoms with Gasteiger partial charge in [-0.3, -0.25) is 4.79 Å². The predicted molar refractivity (Wildman–Crippen MR) is 115 cm³/mol. The number of Topliss-reactive ketones (excluding diaryl/α,β-unsaturated/α-hetero) is 1. The van der Waals surface area contributed by atoms with Crippen molar-refractivity contribution in [2.75, 3.05) is 33.9 Å². The Hall–Kier alpha value is -2.54. The van der Waals surface area contributed by atoms with Gasteiger partial charge in [0.1, 0.15) is 22.8 Å². The number of allylic oxidation sites excluding steroid dienone is 1. The normalized spacial score (nSPS) is 22.0. The molecule has 0 radical (unpaired) electrons. The highest BCUT2D eigenvalue weighted by Crippen LogP contribution is 2.51. The fourth-order valence-electron chi connectivity index (χ4n) is 4.23. The molecule has 2 aromatic carbocycles. The molecule has 158 valence electrons. The quantitative estimate of drug-likeness (QED) is 0.706. The number of aliphatic hydroxyl groups is 1. The number of halogens is 1. The van der Waals surface area contributed by atoms with Gasteiger partial charge in [0.05, 0.1) is 14.2 Å². The number of fused-ring (bicyclic) bond motifs is 1. The summed E-state index contributed by atoms with van der Waals surface area (Å²) in [5.41, 5.74) is 1.87. The lowest BCUT2D eigenvalue weighted by Crippen LogP contribution is -2.37. The second kappa shape index (κ2) is 8.68. The summed E-state index contributed by atoms with van der Waals surface area (Å²) < 4.78 is 17.3. The molecule has 2 atom stereocenters. The third-order valence-electron chi connectivity index (χ3n) is 5.75. The summed E-state index contributed by atoms with van der Waals surface area (Å²) in [5, 5.41) is 13.8.